The topological polar surface area (TPSA) is 41.6 Å². The van der Waals surface area contributed by atoms with Crippen molar-refractivity contribution in [2.75, 3.05) is 24.8 Å². The molecule has 0 aromatic heterocycles. The molecule has 1 aliphatic rings. The van der Waals surface area contributed by atoms with E-state index in [9.17, 15) is 4.79 Å². The van der Waals surface area contributed by atoms with Crippen LogP contribution in [-0.4, -0.2) is 36.4 Å². The Balaban J connectivity index is 2.12. The number of nitrogens with one attached hydrogen (secondary N) is 1. The highest BCUT2D eigenvalue weighted by Crippen LogP contribution is 2.30. The number of hydrogen-bond acceptors (Lipinski definition) is 3. The molecular weight excluding hydrogens is 252 g/mol. The summed E-state index contributed by atoms with van der Waals surface area (Å²) in [5, 5.41) is 2.85. The van der Waals surface area contributed by atoms with Crippen molar-refractivity contribution in [3.63, 3.8) is 0 Å². The highest BCUT2D eigenvalue weighted by Gasteiger charge is 2.23. The molecule has 18 heavy (non-hydrogen) atoms. The number of carbonyl (C=O) groups excluding carboxylic acids is 1. The number of fused-ring (bicyclic) bond motifs is 1. The van der Waals surface area contributed by atoms with E-state index in [1.54, 1.807) is 6.92 Å². The number of ether oxygens (including phenoxy) is 1. The fourth-order valence-electron chi connectivity index (χ4n) is 1.89. The molecule has 1 unspecified atom stereocenters. The van der Waals surface area contributed by atoms with E-state index < -0.39 is 6.10 Å². The molecule has 0 saturated carbocycles. The van der Waals surface area contributed by atoms with Gasteiger partial charge < -0.3 is 15.0 Å². The number of anilines is 1. The summed E-state index contributed by atoms with van der Waals surface area (Å²) in [5.74, 6) is 1.23. The minimum absolute atomic E-state index is 0.103. The van der Waals surface area contributed by atoms with Gasteiger partial charge in [-0.15, -0.1) is 11.6 Å². The molecule has 5 heteroatoms. The lowest BCUT2D eigenvalue weighted by Gasteiger charge is -2.24. The van der Waals surface area contributed by atoms with Crippen molar-refractivity contribution in [1.82, 2.24) is 4.90 Å². The predicted octanol–water partition coefficient (Wildman–Crippen LogP) is 2.08. The summed E-state index contributed by atoms with van der Waals surface area (Å²) in [4.78, 5) is 13.7. The van der Waals surface area contributed by atoms with E-state index in [2.05, 4.69) is 10.2 Å². The number of hydrogen-bond donors (Lipinski definition) is 1. The number of halogens is 1. The van der Waals surface area contributed by atoms with Gasteiger partial charge in [0.05, 0.1) is 5.69 Å². The SMILES string of the molecule is CC1Oc2ccc(CN(C)CCCl)cc2NC1=O. The lowest BCUT2D eigenvalue weighted by Crippen LogP contribution is -2.34. The Hall–Kier alpha value is -1.26. The fraction of sp³-hybridized carbons (Fsp3) is 0.462. The van der Waals surface area contributed by atoms with Crippen LogP contribution >= 0.6 is 11.6 Å². The summed E-state index contributed by atoms with van der Waals surface area (Å²) in [7, 11) is 2.01. The number of alkyl halides is 1. The average Bonchev–Trinajstić information content (AvgIpc) is 2.31. The van der Waals surface area contributed by atoms with E-state index in [1.165, 1.54) is 0 Å². The molecular formula is C13H17ClN2O2. The average molecular weight is 269 g/mol. The van der Waals surface area contributed by atoms with Crippen molar-refractivity contribution in [2.24, 2.45) is 0 Å². The van der Waals surface area contributed by atoms with E-state index in [1.807, 2.05) is 25.2 Å². The highest BCUT2D eigenvalue weighted by atomic mass is 35.5. The molecule has 1 aliphatic heterocycles. The standard InChI is InChI=1S/C13H17ClN2O2/c1-9-13(17)15-11-7-10(3-4-12(11)18-9)8-16(2)6-5-14/h3-4,7,9H,5-6,8H2,1-2H3,(H,15,17). The first-order chi connectivity index (χ1) is 8.60. The van der Waals surface area contributed by atoms with Crippen LogP contribution in [-0.2, 0) is 11.3 Å². The van der Waals surface area contributed by atoms with Crippen LogP contribution in [0.2, 0.25) is 0 Å². The number of carbonyl (C=O) groups is 1. The number of nitrogens with zero attached hydrogens (tertiary/aromatic N) is 1. The van der Waals surface area contributed by atoms with Crippen molar-refractivity contribution in [2.45, 2.75) is 19.6 Å². The zero-order chi connectivity index (χ0) is 13.1. The maximum absolute atomic E-state index is 11.5. The van der Waals surface area contributed by atoms with Crippen LogP contribution in [0.15, 0.2) is 18.2 Å². The van der Waals surface area contributed by atoms with Gasteiger partial charge in [-0.3, -0.25) is 4.79 Å². The molecule has 0 aliphatic carbocycles. The van der Waals surface area contributed by atoms with E-state index in [0.29, 0.717) is 5.88 Å². The van der Waals surface area contributed by atoms with Crippen LogP contribution < -0.4 is 10.1 Å². The lowest BCUT2D eigenvalue weighted by molar-refractivity contribution is -0.122. The minimum atomic E-state index is -0.428. The molecule has 1 heterocycles. The lowest BCUT2D eigenvalue weighted by atomic mass is 10.1. The molecule has 1 aromatic carbocycles. The summed E-state index contributed by atoms with van der Waals surface area (Å²) in [6.07, 6.45) is -0.428. The molecule has 0 bridgehead atoms. The first kappa shape index (κ1) is 13.2. The summed E-state index contributed by atoms with van der Waals surface area (Å²) in [5.41, 5.74) is 1.87. The second-order valence-electron chi connectivity index (χ2n) is 4.51. The fourth-order valence-corrected chi connectivity index (χ4v) is 2.18. The third kappa shape index (κ3) is 2.94. The van der Waals surface area contributed by atoms with Crippen LogP contribution in [0.3, 0.4) is 0 Å². The van der Waals surface area contributed by atoms with Gasteiger partial charge in [0.25, 0.3) is 5.91 Å². The molecule has 1 aromatic rings. The van der Waals surface area contributed by atoms with E-state index in [0.717, 1.165) is 30.1 Å². The van der Waals surface area contributed by atoms with Crippen molar-refractivity contribution in [3.8, 4) is 5.75 Å². The molecule has 0 radical (unpaired) electrons. The monoisotopic (exact) mass is 268 g/mol. The Morgan fingerprint density at radius 2 is 2.28 bits per heavy atom. The molecule has 0 saturated heterocycles. The van der Waals surface area contributed by atoms with Gasteiger partial charge >= 0.3 is 0 Å². The number of amides is 1. The molecule has 98 valence electrons. The summed E-state index contributed by atoms with van der Waals surface area (Å²) >= 11 is 5.69. The van der Waals surface area contributed by atoms with Crippen LogP contribution in [0.5, 0.6) is 5.75 Å². The van der Waals surface area contributed by atoms with Gasteiger partial charge in [0.1, 0.15) is 5.75 Å². The van der Waals surface area contributed by atoms with Gasteiger partial charge in [-0.2, -0.15) is 0 Å². The van der Waals surface area contributed by atoms with Gasteiger partial charge in [0, 0.05) is 19.0 Å². The Bertz CT molecular complexity index is 451. The number of rotatable bonds is 4. The second kappa shape index (κ2) is 5.59. The first-order valence-electron chi connectivity index (χ1n) is 5.95. The number of benzene rings is 1. The predicted molar refractivity (Wildman–Crippen MR) is 72.2 cm³/mol. The summed E-state index contributed by atoms with van der Waals surface area (Å²) in [6, 6.07) is 5.85. The van der Waals surface area contributed by atoms with Crippen LogP contribution in [0, 0.1) is 0 Å². The molecule has 1 N–H and O–H groups in total. The van der Waals surface area contributed by atoms with Crippen LogP contribution in [0.4, 0.5) is 5.69 Å². The molecule has 0 fully saturated rings. The Morgan fingerprint density at radius 1 is 1.50 bits per heavy atom. The van der Waals surface area contributed by atoms with Crippen molar-refractivity contribution in [1.29, 1.82) is 0 Å². The smallest absolute Gasteiger partial charge is 0.265 e. The largest absolute Gasteiger partial charge is 0.479 e. The van der Waals surface area contributed by atoms with Crippen molar-refractivity contribution >= 4 is 23.2 Å². The Labute approximate surface area is 112 Å². The van der Waals surface area contributed by atoms with Gasteiger partial charge in [-0.1, -0.05) is 6.07 Å². The quantitative estimate of drug-likeness (QED) is 0.850. The third-order valence-electron chi connectivity index (χ3n) is 2.89. The highest BCUT2D eigenvalue weighted by molar-refractivity contribution is 6.18. The normalized spacial score (nSPS) is 18.2. The van der Waals surface area contributed by atoms with Crippen LogP contribution in [0.25, 0.3) is 0 Å². The summed E-state index contributed by atoms with van der Waals surface area (Å²) < 4.78 is 5.50. The maximum atomic E-state index is 11.5. The molecule has 1 atom stereocenters. The Kier molecular flexibility index (Phi) is 4.09. The van der Waals surface area contributed by atoms with Gasteiger partial charge in [0.2, 0.25) is 0 Å². The van der Waals surface area contributed by atoms with Crippen LogP contribution in [0.1, 0.15) is 12.5 Å². The third-order valence-corrected chi connectivity index (χ3v) is 3.06. The second-order valence-corrected chi connectivity index (χ2v) is 4.88. The molecule has 1 amide bonds. The van der Waals surface area contributed by atoms with Gasteiger partial charge in [0.15, 0.2) is 6.10 Å². The van der Waals surface area contributed by atoms with Gasteiger partial charge in [-0.25, -0.2) is 0 Å². The van der Waals surface area contributed by atoms with E-state index in [4.69, 9.17) is 16.3 Å². The zero-order valence-electron chi connectivity index (χ0n) is 10.6. The summed E-state index contributed by atoms with van der Waals surface area (Å²) in [6.45, 7) is 3.37. The molecule has 4 nitrogen and oxygen atoms in total. The van der Waals surface area contributed by atoms with Crippen molar-refractivity contribution < 1.29 is 9.53 Å². The maximum Gasteiger partial charge on any atom is 0.265 e. The first-order valence-corrected chi connectivity index (χ1v) is 6.48. The van der Waals surface area contributed by atoms with E-state index in [-0.39, 0.29) is 5.91 Å². The zero-order valence-corrected chi connectivity index (χ0v) is 11.3. The van der Waals surface area contributed by atoms with Gasteiger partial charge in [-0.05, 0) is 31.7 Å². The minimum Gasteiger partial charge on any atom is -0.479 e. The molecule has 2 rings (SSSR count). The molecule has 0 spiro atoms. The Morgan fingerprint density at radius 3 is 3.00 bits per heavy atom. The van der Waals surface area contributed by atoms with Crippen molar-refractivity contribution in [3.05, 3.63) is 23.8 Å². The van der Waals surface area contributed by atoms with E-state index >= 15 is 0 Å².